The molecule has 8 nitrogen and oxygen atoms in total. The summed E-state index contributed by atoms with van der Waals surface area (Å²) in [5, 5.41) is 14.0. The average Bonchev–Trinajstić information content (AvgIpc) is 3.14. The summed E-state index contributed by atoms with van der Waals surface area (Å²) in [7, 11) is 1.86. The van der Waals surface area contributed by atoms with Crippen LogP contribution in [-0.2, 0) is 11.8 Å². The fourth-order valence-corrected chi connectivity index (χ4v) is 3.79. The number of carbonyl (C=O) groups excluding carboxylic acids is 2. The van der Waals surface area contributed by atoms with Crippen LogP contribution in [0.1, 0.15) is 13.8 Å². The van der Waals surface area contributed by atoms with E-state index in [-0.39, 0.29) is 5.75 Å². The minimum atomic E-state index is -0.566. The number of urea groups is 1. The molecule has 0 fully saturated rings. The summed E-state index contributed by atoms with van der Waals surface area (Å²) in [4.78, 5) is 26.3. The highest BCUT2D eigenvalue weighted by molar-refractivity contribution is 7.99. The summed E-state index contributed by atoms with van der Waals surface area (Å²) in [6, 6.07) is 16.6. The predicted octanol–water partition coefficient (Wildman–Crippen LogP) is 3.77. The average molecular weight is 439 g/mol. The van der Waals surface area contributed by atoms with Crippen LogP contribution in [-0.4, -0.2) is 45.5 Å². The van der Waals surface area contributed by atoms with Crippen molar-refractivity contribution in [2.24, 2.45) is 7.05 Å². The predicted molar refractivity (Wildman–Crippen MR) is 124 cm³/mol. The number of rotatable bonds is 8. The second-order valence-corrected chi connectivity index (χ2v) is 7.68. The third kappa shape index (κ3) is 5.85. The van der Waals surface area contributed by atoms with Gasteiger partial charge in [-0.15, -0.1) is 10.2 Å². The van der Waals surface area contributed by atoms with Crippen molar-refractivity contribution in [1.82, 2.24) is 20.1 Å². The van der Waals surface area contributed by atoms with Gasteiger partial charge in [-0.1, -0.05) is 30.0 Å². The van der Waals surface area contributed by atoms with Gasteiger partial charge in [0, 0.05) is 37.1 Å². The molecule has 2 aromatic carbocycles. The molecule has 0 atom stereocenters. The van der Waals surface area contributed by atoms with Crippen LogP contribution in [0.2, 0.25) is 0 Å². The number of nitrogens with one attached hydrogen (secondary N) is 2. The van der Waals surface area contributed by atoms with Crippen LogP contribution in [0.4, 0.5) is 16.2 Å². The highest BCUT2D eigenvalue weighted by Gasteiger charge is 2.15. The second kappa shape index (κ2) is 10.6. The summed E-state index contributed by atoms with van der Waals surface area (Å²) in [6.07, 6.45) is 0. The topological polar surface area (TPSA) is 92.2 Å². The van der Waals surface area contributed by atoms with E-state index in [1.54, 1.807) is 24.3 Å². The number of imide groups is 1. The molecule has 162 valence electrons. The normalized spacial score (nSPS) is 10.5. The van der Waals surface area contributed by atoms with Crippen LogP contribution in [0.15, 0.2) is 59.8 Å². The van der Waals surface area contributed by atoms with Gasteiger partial charge in [-0.3, -0.25) is 10.1 Å². The molecule has 31 heavy (non-hydrogen) atoms. The smallest absolute Gasteiger partial charge is 0.325 e. The number of thioether (sulfide) groups is 1. The Balaban J connectivity index is 1.56. The van der Waals surface area contributed by atoms with Crippen molar-refractivity contribution < 1.29 is 9.59 Å². The van der Waals surface area contributed by atoms with E-state index in [1.807, 2.05) is 29.8 Å². The van der Waals surface area contributed by atoms with Crippen molar-refractivity contribution in [3.05, 3.63) is 54.6 Å². The molecular weight excluding hydrogens is 412 g/mol. The van der Waals surface area contributed by atoms with Gasteiger partial charge in [0.1, 0.15) is 0 Å². The first-order valence-corrected chi connectivity index (χ1v) is 11.0. The molecule has 0 radical (unpaired) electrons. The van der Waals surface area contributed by atoms with Gasteiger partial charge in [-0.05, 0) is 50.2 Å². The summed E-state index contributed by atoms with van der Waals surface area (Å²) in [5.74, 6) is 0.358. The van der Waals surface area contributed by atoms with E-state index < -0.39 is 11.9 Å². The molecule has 0 unspecified atom stereocenters. The van der Waals surface area contributed by atoms with Gasteiger partial charge in [0.2, 0.25) is 5.91 Å². The van der Waals surface area contributed by atoms with Crippen molar-refractivity contribution in [2.75, 3.05) is 29.1 Å². The van der Waals surface area contributed by atoms with Gasteiger partial charge in [0.05, 0.1) is 5.75 Å². The third-order valence-electron chi connectivity index (χ3n) is 4.71. The van der Waals surface area contributed by atoms with E-state index in [0.29, 0.717) is 10.8 Å². The molecule has 9 heteroatoms. The van der Waals surface area contributed by atoms with Crippen molar-refractivity contribution in [3.8, 4) is 11.4 Å². The molecule has 3 rings (SSSR count). The minimum absolute atomic E-state index is 0.0507. The molecule has 0 aliphatic rings. The number of carbonyl (C=O) groups is 2. The number of anilines is 2. The quantitative estimate of drug-likeness (QED) is 0.520. The lowest BCUT2D eigenvalue weighted by atomic mass is 10.2. The molecule has 0 aliphatic carbocycles. The van der Waals surface area contributed by atoms with Crippen LogP contribution >= 0.6 is 11.8 Å². The maximum Gasteiger partial charge on any atom is 0.325 e. The molecule has 1 heterocycles. The number of aromatic nitrogens is 3. The molecule has 0 saturated heterocycles. The molecular formula is C22H26N6O2S. The lowest BCUT2D eigenvalue weighted by molar-refractivity contribution is -0.117. The fourth-order valence-electron chi connectivity index (χ4n) is 3.08. The monoisotopic (exact) mass is 438 g/mol. The molecule has 0 aliphatic heterocycles. The maximum atomic E-state index is 12.1. The molecule has 0 saturated carbocycles. The van der Waals surface area contributed by atoms with Crippen molar-refractivity contribution in [2.45, 2.75) is 19.0 Å². The lowest BCUT2D eigenvalue weighted by Crippen LogP contribution is -2.35. The van der Waals surface area contributed by atoms with Crippen molar-refractivity contribution in [1.29, 1.82) is 0 Å². The summed E-state index contributed by atoms with van der Waals surface area (Å²) >= 11 is 1.22. The zero-order chi connectivity index (χ0) is 22.2. The summed E-state index contributed by atoms with van der Waals surface area (Å²) in [6.45, 7) is 6.16. The lowest BCUT2D eigenvalue weighted by Gasteiger charge is -2.21. The third-order valence-corrected chi connectivity index (χ3v) is 5.73. The van der Waals surface area contributed by atoms with Crippen LogP contribution in [0.3, 0.4) is 0 Å². The van der Waals surface area contributed by atoms with Crippen LogP contribution in [0.25, 0.3) is 11.4 Å². The van der Waals surface area contributed by atoms with Crippen LogP contribution < -0.4 is 15.5 Å². The SMILES string of the molecule is CCN(CC)c1ccc(-c2nnc(SCC(=O)NC(=O)Nc3ccccc3)n2C)cc1. The van der Waals surface area contributed by atoms with Crippen molar-refractivity contribution >= 4 is 35.1 Å². The Morgan fingerprint density at radius 1 is 1.00 bits per heavy atom. The molecule has 2 N–H and O–H groups in total. The van der Waals surface area contributed by atoms with Gasteiger partial charge in [-0.2, -0.15) is 0 Å². The van der Waals surface area contributed by atoms with E-state index in [0.717, 1.165) is 30.2 Å². The van der Waals surface area contributed by atoms with E-state index in [1.165, 1.54) is 11.8 Å². The van der Waals surface area contributed by atoms with Gasteiger partial charge >= 0.3 is 6.03 Å². The van der Waals surface area contributed by atoms with Crippen LogP contribution in [0.5, 0.6) is 0 Å². The Labute approximate surface area is 186 Å². The second-order valence-electron chi connectivity index (χ2n) is 6.74. The fraction of sp³-hybridized carbons (Fsp3) is 0.273. The van der Waals surface area contributed by atoms with E-state index in [4.69, 9.17) is 0 Å². The summed E-state index contributed by atoms with van der Waals surface area (Å²) < 4.78 is 1.84. The standard InChI is InChI=1S/C22H26N6O2S/c1-4-28(5-2)18-13-11-16(12-14-18)20-25-26-22(27(20)3)31-15-19(29)24-21(30)23-17-9-7-6-8-10-17/h6-14H,4-5,15H2,1-3H3,(H2,23,24,29,30). The number of hydrogen-bond acceptors (Lipinski definition) is 6. The number of para-hydroxylation sites is 1. The Bertz CT molecular complexity index is 1020. The van der Waals surface area contributed by atoms with E-state index >= 15 is 0 Å². The van der Waals surface area contributed by atoms with E-state index in [2.05, 4.69) is 51.7 Å². The number of hydrogen-bond donors (Lipinski definition) is 2. The number of nitrogens with zero attached hydrogens (tertiary/aromatic N) is 4. The van der Waals surface area contributed by atoms with Gasteiger partial charge in [-0.25, -0.2) is 4.79 Å². The Morgan fingerprint density at radius 2 is 1.68 bits per heavy atom. The minimum Gasteiger partial charge on any atom is -0.372 e. The molecule has 1 aromatic heterocycles. The van der Waals surface area contributed by atoms with Gasteiger partial charge < -0.3 is 14.8 Å². The highest BCUT2D eigenvalue weighted by atomic mass is 32.2. The van der Waals surface area contributed by atoms with Gasteiger partial charge in [0.25, 0.3) is 0 Å². The number of amides is 3. The zero-order valence-electron chi connectivity index (χ0n) is 17.8. The highest BCUT2D eigenvalue weighted by Crippen LogP contribution is 2.25. The first-order valence-electron chi connectivity index (χ1n) is 10.0. The van der Waals surface area contributed by atoms with Crippen molar-refractivity contribution in [3.63, 3.8) is 0 Å². The molecule has 3 amide bonds. The Morgan fingerprint density at radius 3 is 2.32 bits per heavy atom. The zero-order valence-corrected chi connectivity index (χ0v) is 18.6. The molecule has 3 aromatic rings. The van der Waals surface area contributed by atoms with Gasteiger partial charge in [0.15, 0.2) is 11.0 Å². The Kier molecular flexibility index (Phi) is 7.66. The first-order chi connectivity index (χ1) is 15.0. The summed E-state index contributed by atoms with van der Waals surface area (Å²) in [5.41, 5.74) is 2.73. The Hall–Kier alpha value is -3.33. The largest absolute Gasteiger partial charge is 0.372 e. The number of benzene rings is 2. The molecule has 0 spiro atoms. The first kappa shape index (κ1) is 22.4. The van der Waals surface area contributed by atoms with Crippen LogP contribution in [0, 0.1) is 0 Å². The van der Waals surface area contributed by atoms with E-state index in [9.17, 15) is 9.59 Å². The molecule has 0 bridgehead atoms. The maximum absolute atomic E-state index is 12.1.